The van der Waals surface area contributed by atoms with Crippen LogP contribution < -0.4 is 5.32 Å². The second kappa shape index (κ2) is 6.10. The minimum Gasteiger partial charge on any atom is -0.310 e. The van der Waals surface area contributed by atoms with Crippen LogP contribution in [0.2, 0.25) is 0 Å². The van der Waals surface area contributed by atoms with Crippen molar-refractivity contribution in [1.82, 2.24) is 20.1 Å². The molecule has 0 aliphatic carbocycles. The maximum atomic E-state index is 4.17. The largest absolute Gasteiger partial charge is 0.310 e. The van der Waals surface area contributed by atoms with E-state index in [0.29, 0.717) is 6.04 Å². The van der Waals surface area contributed by atoms with E-state index in [2.05, 4.69) is 40.3 Å². The van der Waals surface area contributed by atoms with Gasteiger partial charge in [-0.3, -0.25) is 9.88 Å². The molecule has 1 saturated heterocycles. The highest BCUT2D eigenvalue weighted by Gasteiger charge is 2.19. The molecule has 1 unspecified atom stereocenters. The summed E-state index contributed by atoms with van der Waals surface area (Å²) < 4.78 is 0. The van der Waals surface area contributed by atoms with Crippen LogP contribution in [-0.4, -0.2) is 61.1 Å². The zero-order valence-electron chi connectivity index (χ0n) is 10.8. The van der Waals surface area contributed by atoms with Crippen LogP contribution >= 0.6 is 0 Å². The van der Waals surface area contributed by atoms with Crippen molar-refractivity contribution in [2.45, 2.75) is 12.6 Å². The Balaban J connectivity index is 1.85. The van der Waals surface area contributed by atoms with Crippen LogP contribution in [0.25, 0.3) is 0 Å². The summed E-state index contributed by atoms with van der Waals surface area (Å²) in [5.74, 6) is 0. The van der Waals surface area contributed by atoms with E-state index >= 15 is 0 Å². The minimum absolute atomic E-state index is 0.579. The van der Waals surface area contributed by atoms with Crippen LogP contribution in [0.3, 0.4) is 0 Å². The highest BCUT2D eigenvalue weighted by Crippen LogP contribution is 2.06. The van der Waals surface area contributed by atoms with E-state index in [4.69, 9.17) is 0 Å². The monoisotopic (exact) mass is 234 g/mol. The normalized spacial score (nSPS) is 21.9. The molecule has 1 atom stereocenters. The molecule has 1 aromatic heterocycles. The molecule has 0 aromatic carbocycles. The van der Waals surface area contributed by atoms with Gasteiger partial charge < -0.3 is 10.2 Å². The van der Waals surface area contributed by atoms with E-state index in [0.717, 1.165) is 32.7 Å². The van der Waals surface area contributed by atoms with Crippen molar-refractivity contribution in [2.24, 2.45) is 0 Å². The summed E-state index contributed by atoms with van der Waals surface area (Å²) in [5.41, 5.74) is 1.30. The maximum absolute atomic E-state index is 4.17. The van der Waals surface area contributed by atoms with Crippen LogP contribution in [0.15, 0.2) is 24.5 Å². The summed E-state index contributed by atoms with van der Waals surface area (Å²) in [7, 11) is 4.25. The molecule has 1 N–H and O–H groups in total. The summed E-state index contributed by atoms with van der Waals surface area (Å²) >= 11 is 0. The summed E-state index contributed by atoms with van der Waals surface area (Å²) in [6.07, 6.45) is 3.79. The zero-order chi connectivity index (χ0) is 12.1. The van der Waals surface area contributed by atoms with Gasteiger partial charge in [0.05, 0.1) is 0 Å². The van der Waals surface area contributed by atoms with E-state index in [1.807, 2.05) is 18.5 Å². The van der Waals surface area contributed by atoms with Crippen LogP contribution in [0.1, 0.15) is 5.56 Å². The second-order valence-electron chi connectivity index (χ2n) is 5.01. The summed E-state index contributed by atoms with van der Waals surface area (Å²) in [6, 6.07) is 4.74. The average molecular weight is 234 g/mol. The lowest BCUT2D eigenvalue weighted by molar-refractivity contribution is 0.172. The molecular formula is C13H22N4. The summed E-state index contributed by atoms with van der Waals surface area (Å²) in [5, 5.41) is 3.57. The van der Waals surface area contributed by atoms with Gasteiger partial charge in [-0.1, -0.05) is 6.07 Å². The number of aromatic nitrogens is 1. The van der Waals surface area contributed by atoms with Crippen LogP contribution in [0, 0.1) is 0 Å². The van der Waals surface area contributed by atoms with Crippen molar-refractivity contribution in [3.05, 3.63) is 30.1 Å². The minimum atomic E-state index is 0.579. The molecule has 1 aliphatic rings. The molecule has 0 amide bonds. The van der Waals surface area contributed by atoms with Gasteiger partial charge >= 0.3 is 0 Å². The molecule has 0 saturated carbocycles. The number of rotatable bonds is 4. The number of piperazine rings is 1. The standard InChI is InChI=1S/C13H22N4/c1-16(2)10-13-11-17(7-6-15-13)9-12-4-3-5-14-8-12/h3-5,8,13,15H,6-7,9-11H2,1-2H3. The highest BCUT2D eigenvalue weighted by molar-refractivity contribution is 5.08. The molecule has 0 bridgehead atoms. The van der Waals surface area contributed by atoms with Crippen molar-refractivity contribution in [1.29, 1.82) is 0 Å². The SMILES string of the molecule is CN(C)CC1CN(Cc2cccnc2)CCN1. The van der Waals surface area contributed by atoms with Crippen molar-refractivity contribution in [3.8, 4) is 0 Å². The second-order valence-corrected chi connectivity index (χ2v) is 5.01. The van der Waals surface area contributed by atoms with E-state index in [-0.39, 0.29) is 0 Å². The van der Waals surface area contributed by atoms with Gasteiger partial charge in [0.1, 0.15) is 0 Å². The van der Waals surface area contributed by atoms with Crippen molar-refractivity contribution in [2.75, 3.05) is 40.3 Å². The molecular weight excluding hydrogens is 212 g/mol. The molecule has 1 aliphatic heterocycles. The Hall–Kier alpha value is -0.970. The first-order chi connectivity index (χ1) is 8.24. The Morgan fingerprint density at radius 1 is 1.53 bits per heavy atom. The molecule has 94 valence electrons. The van der Waals surface area contributed by atoms with E-state index < -0.39 is 0 Å². The van der Waals surface area contributed by atoms with Gasteiger partial charge in [0.15, 0.2) is 0 Å². The van der Waals surface area contributed by atoms with Crippen LogP contribution in [0.5, 0.6) is 0 Å². The first-order valence-electron chi connectivity index (χ1n) is 6.23. The van der Waals surface area contributed by atoms with E-state index in [9.17, 15) is 0 Å². The Morgan fingerprint density at radius 3 is 3.12 bits per heavy atom. The quantitative estimate of drug-likeness (QED) is 0.818. The molecule has 17 heavy (non-hydrogen) atoms. The van der Waals surface area contributed by atoms with Crippen molar-refractivity contribution in [3.63, 3.8) is 0 Å². The highest BCUT2D eigenvalue weighted by atomic mass is 15.2. The third-order valence-electron chi connectivity index (χ3n) is 3.05. The van der Waals surface area contributed by atoms with E-state index in [1.165, 1.54) is 5.56 Å². The van der Waals surface area contributed by atoms with Gasteiger partial charge in [0, 0.05) is 51.2 Å². The van der Waals surface area contributed by atoms with Crippen LogP contribution in [0.4, 0.5) is 0 Å². The fraction of sp³-hybridized carbons (Fsp3) is 0.615. The molecule has 4 nitrogen and oxygen atoms in total. The number of hydrogen-bond acceptors (Lipinski definition) is 4. The van der Waals surface area contributed by atoms with Gasteiger partial charge in [-0.15, -0.1) is 0 Å². The van der Waals surface area contributed by atoms with Gasteiger partial charge in [-0.05, 0) is 25.7 Å². The van der Waals surface area contributed by atoms with E-state index in [1.54, 1.807) is 0 Å². The number of nitrogens with one attached hydrogen (secondary N) is 1. The molecule has 2 rings (SSSR count). The fourth-order valence-electron chi connectivity index (χ4n) is 2.35. The molecule has 0 spiro atoms. The Kier molecular flexibility index (Phi) is 4.48. The number of hydrogen-bond donors (Lipinski definition) is 1. The predicted octanol–water partition coefficient (Wildman–Crippen LogP) is 0.417. The molecule has 1 aromatic rings. The Morgan fingerprint density at radius 2 is 2.41 bits per heavy atom. The summed E-state index contributed by atoms with van der Waals surface area (Å²) in [6.45, 7) is 5.44. The van der Waals surface area contributed by atoms with Gasteiger partial charge in [0.2, 0.25) is 0 Å². The number of nitrogens with zero attached hydrogens (tertiary/aromatic N) is 3. The van der Waals surface area contributed by atoms with Crippen molar-refractivity contribution < 1.29 is 0 Å². The van der Waals surface area contributed by atoms with Gasteiger partial charge in [-0.2, -0.15) is 0 Å². The molecule has 2 heterocycles. The average Bonchev–Trinajstić information content (AvgIpc) is 2.30. The third-order valence-corrected chi connectivity index (χ3v) is 3.05. The summed E-state index contributed by atoms with van der Waals surface area (Å²) in [4.78, 5) is 8.91. The number of pyridine rings is 1. The number of likely N-dealkylation sites (N-methyl/N-ethyl adjacent to an activating group) is 1. The first kappa shape index (κ1) is 12.5. The zero-order valence-corrected chi connectivity index (χ0v) is 10.8. The maximum Gasteiger partial charge on any atom is 0.0323 e. The smallest absolute Gasteiger partial charge is 0.0323 e. The van der Waals surface area contributed by atoms with Gasteiger partial charge in [0.25, 0.3) is 0 Å². The lowest BCUT2D eigenvalue weighted by Gasteiger charge is -2.34. The Labute approximate surface area is 104 Å². The third kappa shape index (κ3) is 4.07. The fourth-order valence-corrected chi connectivity index (χ4v) is 2.35. The molecule has 1 fully saturated rings. The lowest BCUT2D eigenvalue weighted by Crippen LogP contribution is -2.53. The van der Waals surface area contributed by atoms with Crippen molar-refractivity contribution >= 4 is 0 Å². The van der Waals surface area contributed by atoms with Gasteiger partial charge in [-0.25, -0.2) is 0 Å². The molecule has 4 heteroatoms. The Bertz CT molecular complexity index is 325. The topological polar surface area (TPSA) is 31.4 Å². The predicted molar refractivity (Wildman–Crippen MR) is 69.9 cm³/mol. The van der Waals surface area contributed by atoms with Crippen LogP contribution in [-0.2, 0) is 6.54 Å². The lowest BCUT2D eigenvalue weighted by atomic mass is 10.1. The molecule has 0 radical (unpaired) electrons. The first-order valence-corrected chi connectivity index (χ1v) is 6.23.